The van der Waals surface area contributed by atoms with Crippen molar-refractivity contribution >= 4 is 5.78 Å². The predicted octanol–water partition coefficient (Wildman–Crippen LogP) is 3.87. The Morgan fingerprint density at radius 1 is 1.24 bits per heavy atom. The maximum absolute atomic E-state index is 12.4. The summed E-state index contributed by atoms with van der Waals surface area (Å²) in [7, 11) is 2.18. The highest BCUT2D eigenvalue weighted by atomic mass is 16.1. The summed E-state index contributed by atoms with van der Waals surface area (Å²) in [5.74, 6) is 3.22. The van der Waals surface area contributed by atoms with Crippen LogP contribution in [0.25, 0.3) is 0 Å². The molecule has 2 saturated carbocycles. The van der Waals surface area contributed by atoms with Crippen LogP contribution in [0.5, 0.6) is 0 Å². The van der Waals surface area contributed by atoms with Crippen LogP contribution in [0.15, 0.2) is 30.3 Å². The van der Waals surface area contributed by atoms with Gasteiger partial charge in [0.05, 0.1) is 0 Å². The zero-order valence-corrected chi connectivity index (χ0v) is 13.3. The minimum Gasteiger partial charge on any atom is -0.305 e. The summed E-state index contributed by atoms with van der Waals surface area (Å²) in [6, 6.07) is 9.70. The van der Waals surface area contributed by atoms with E-state index in [9.17, 15) is 4.79 Å². The van der Waals surface area contributed by atoms with Gasteiger partial charge in [-0.05, 0) is 44.1 Å². The zero-order chi connectivity index (χ0) is 14.8. The maximum atomic E-state index is 12.4. The van der Waals surface area contributed by atoms with Crippen LogP contribution < -0.4 is 0 Å². The number of carbonyl (C=O) groups excluding carboxylic acids is 1. The van der Waals surface area contributed by atoms with Crippen LogP contribution in [0, 0.1) is 23.7 Å². The van der Waals surface area contributed by atoms with Crippen LogP contribution >= 0.6 is 0 Å². The van der Waals surface area contributed by atoms with Crippen molar-refractivity contribution in [1.29, 1.82) is 0 Å². The monoisotopic (exact) mass is 285 g/mol. The highest BCUT2D eigenvalue weighted by Gasteiger charge is 2.39. The van der Waals surface area contributed by atoms with Gasteiger partial charge >= 0.3 is 0 Å². The molecule has 0 radical (unpaired) electrons. The molecule has 2 nitrogen and oxygen atoms in total. The predicted molar refractivity (Wildman–Crippen MR) is 86.4 cm³/mol. The van der Waals surface area contributed by atoms with Crippen LogP contribution in [0.1, 0.15) is 43.0 Å². The van der Waals surface area contributed by atoms with Gasteiger partial charge in [0.15, 0.2) is 5.78 Å². The first kappa shape index (κ1) is 14.8. The second-order valence-corrected chi connectivity index (χ2v) is 7.29. The Kier molecular flexibility index (Phi) is 4.44. The van der Waals surface area contributed by atoms with Gasteiger partial charge in [-0.2, -0.15) is 0 Å². The molecule has 3 rings (SSSR count). The highest BCUT2D eigenvalue weighted by Crippen LogP contribution is 2.48. The van der Waals surface area contributed by atoms with Gasteiger partial charge in [-0.1, -0.05) is 43.7 Å². The fraction of sp³-hybridized carbons (Fsp3) is 0.632. The van der Waals surface area contributed by atoms with E-state index >= 15 is 0 Å². The summed E-state index contributed by atoms with van der Waals surface area (Å²) in [6.07, 6.45) is 5.81. The molecule has 4 unspecified atom stereocenters. The SMILES string of the molecule is CC(CN(C)CC1CC2CCC1C2)C(=O)c1ccccc1. The summed E-state index contributed by atoms with van der Waals surface area (Å²) in [5, 5.41) is 0. The molecule has 2 aliphatic carbocycles. The third-order valence-corrected chi connectivity index (χ3v) is 5.52. The number of rotatable bonds is 6. The Balaban J connectivity index is 1.50. The number of Topliss-reactive ketones (excluding diaryl/α,β-unsaturated/α-hetero) is 1. The average molecular weight is 285 g/mol. The van der Waals surface area contributed by atoms with E-state index in [2.05, 4.69) is 18.9 Å². The Hall–Kier alpha value is -1.15. The molecule has 0 heterocycles. The van der Waals surface area contributed by atoms with Gasteiger partial charge in [0, 0.05) is 24.6 Å². The minimum atomic E-state index is 0.0796. The number of benzene rings is 1. The normalized spacial score (nSPS) is 29.0. The van der Waals surface area contributed by atoms with Crippen molar-refractivity contribution < 1.29 is 4.79 Å². The second kappa shape index (κ2) is 6.31. The maximum Gasteiger partial charge on any atom is 0.166 e. The molecule has 2 bridgehead atoms. The molecule has 0 aliphatic heterocycles. The van der Waals surface area contributed by atoms with Gasteiger partial charge in [-0.15, -0.1) is 0 Å². The molecule has 4 atom stereocenters. The summed E-state index contributed by atoms with van der Waals surface area (Å²) in [4.78, 5) is 14.8. The average Bonchev–Trinajstić information content (AvgIpc) is 3.09. The Morgan fingerprint density at radius 3 is 2.62 bits per heavy atom. The molecule has 0 spiro atoms. The van der Waals surface area contributed by atoms with Gasteiger partial charge in [0.1, 0.15) is 0 Å². The number of nitrogens with zero attached hydrogens (tertiary/aromatic N) is 1. The second-order valence-electron chi connectivity index (χ2n) is 7.29. The fourth-order valence-corrected chi connectivity index (χ4v) is 4.51. The molecule has 0 N–H and O–H groups in total. The van der Waals surface area contributed by atoms with E-state index in [1.54, 1.807) is 0 Å². The van der Waals surface area contributed by atoms with Crippen molar-refractivity contribution in [2.45, 2.75) is 32.6 Å². The van der Waals surface area contributed by atoms with Crippen molar-refractivity contribution in [3.63, 3.8) is 0 Å². The number of hydrogen-bond acceptors (Lipinski definition) is 2. The van der Waals surface area contributed by atoms with E-state index in [4.69, 9.17) is 0 Å². The van der Waals surface area contributed by atoms with E-state index < -0.39 is 0 Å². The summed E-state index contributed by atoms with van der Waals surface area (Å²) in [5.41, 5.74) is 0.846. The molecule has 0 amide bonds. The minimum absolute atomic E-state index is 0.0796. The van der Waals surface area contributed by atoms with Crippen LogP contribution in [0.4, 0.5) is 0 Å². The Labute approximate surface area is 128 Å². The van der Waals surface area contributed by atoms with E-state index in [1.807, 2.05) is 30.3 Å². The molecule has 1 aromatic rings. The third-order valence-electron chi connectivity index (χ3n) is 5.52. The van der Waals surface area contributed by atoms with E-state index in [0.717, 1.165) is 29.9 Å². The first-order valence-electron chi connectivity index (χ1n) is 8.41. The van der Waals surface area contributed by atoms with E-state index in [0.29, 0.717) is 0 Å². The number of fused-ring (bicyclic) bond motifs is 2. The smallest absolute Gasteiger partial charge is 0.166 e. The lowest BCUT2D eigenvalue weighted by Crippen LogP contribution is -2.34. The number of carbonyl (C=O) groups is 1. The van der Waals surface area contributed by atoms with E-state index in [1.165, 1.54) is 32.2 Å². The van der Waals surface area contributed by atoms with Crippen LogP contribution in [0.2, 0.25) is 0 Å². The summed E-state index contributed by atoms with van der Waals surface area (Å²) >= 11 is 0. The number of ketones is 1. The van der Waals surface area contributed by atoms with Crippen molar-refractivity contribution in [3.8, 4) is 0 Å². The molecule has 2 aliphatic rings. The topological polar surface area (TPSA) is 20.3 Å². The quantitative estimate of drug-likeness (QED) is 0.739. The molecule has 0 aromatic heterocycles. The van der Waals surface area contributed by atoms with Crippen molar-refractivity contribution in [3.05, 3.63) is 35.9 Å². The fourth-order valence-electron chi connectivity index (χ4n) is 4.51. The largest absolute Gasteiger partial charge is 0.305 e. The van der Waals surface area contributed by atoms with Crippen LogP contribution in [0.3, 0.4) is 0 Å². The molecule has 2 heteroatoms. The first-order chi connectivity index (χ1) is 10.1. The van der Waals surface area contributed by atoms with Crippen molar-refractivity contribution in [2.24, 2.45) is 23.7 Å². The molecular formula is C19H27NO. The molecule has 114 valence electrons. The molecule has 21 heavy (non-hydrogen) atoms. The standard InChI is InChI=1S/C19H27NO/c1-14(19(21)16-6-4-3-5-7-16)12-20(2)13-18-11-15-8-9-17(18)10-15/h3-7,14-15,17-18H,8-13H2,1-2H3. The van der Waals surface area contributed by atoms with Gasteiger partial charge in [0.25, 0.3) is 0 Å². The molecule has 2 fully saturated rings. The van der Waals surface area contributed by atoms with Gasteiger partial charge in [-0.3, -0.25) is 4.79 Å². The third kappa shape index (κ3) is 3.37. The van der Waals surface area contributed by atoms with E-state index in [-0.39, 0.29) is 11.7 Å². The van der Waals surface area contributed by atoms with Crippen molar-refractivity contribution in [1.82, 2.24) is 4.90 Å². The van der Waals surface area contributed by atoms with Gasteiger partial charge in [0.2, 0.25) is 0 Å². The molecule has 0 saturated heterocycles. The van der Waals surface area contributed by atoms with Crippen molar-refractivity contribution in [2.75, 3.05) is 20.1 Å². The summed E-state index contributed by atoms with van der Waals surface area (Å²) in [6.45, 7) is 4.11. The molecular weight excluding hydrogens is 258 g/mol. The van der Waals surface area contributed by atoms with Crippen LogP contribution in [-0.4, -0.2) is 30.8 Å². The summed E-state index contributed by atoms with van der Waals surface area (Å²) < 4.78 is 0. The molecule has 1 aromatic carbocycles. The lowest BCUT2D eigenvalue weighted by Gasteiger charge is -2.28. The Bertz CT molecular complexity index is 484. The zero-order valence-electron chi connectivity index (χ0n) is 13.3. The van der Waals surface area contributed by atoms with Gasteiger partial charge < -0.3 is 4.90 Å². The first-order valence-corrected chi connectivity index (χ1v) is 8.41. The van der Waals surface area contributed by atoms with Gasteiger partial charge in [-0.25, -0.2) is 0 Å². The lowest BCUT2D eigenvalue weighted by molar-refractivity contribution is 0.0892. The highest BCUT2D eigenvalue weighted by molar-refractivity contribution is 5.97. The lowest BCUT2D eigenvalue weighted by atomic mass is 9.88. The number of hydrogen-bond donors (Lipinski definition) is 0. The van der Waals surface area contributed by atoms with Crippen LogP contribution in [-0.2, 0) is 0 Å². The Morgan fingerprint density at radius 2 is 2.00 bits per heavy atom.